The van der Waals surface area contributed by atoms with E-state index in [1.165, 1.54) is 23.9 Å². The van der Waals surface area contributed by atoms with Gasteiger partial charge in [0.1, 0.15) is 0 Å². The predicted molar refractivity (Wildman–Crippen MR) is 120 cm³/mol. The number of furan rings is 1. The Balaban J connectivity index is 1.51. The number of nitrogens with zero attached hydrogens (tertiary/aromatic N) is 4. The number of aromatic nitrogens is 3. The van der Waals surface area contributed by atoms with Crippen LogP contribution >= 0.6 is 11.8 Å². The molecule has 9 nitrogen and oxygen atoms in total. The van der Waals surface area contributed by atoms with Crippen LogP contribution in [0, 0.1) is 17.0 Å². The van der Waals surface area contributed by atoms with E-state index in [-0.39, 0.29) is 17.3 Å². The van der Waals surface area contributed by atoms with Crippen molar-refractivity contribution in [1.29, 1.82) is 0 Å². The van der Waals surface area contributed by atoms with E-state index in [1.54, 1.807) is 31.4 Å². The number of aryl methyl sites for hydroxylation is 1. The van der Waals surface area contributed by atoms with Crippen molar-refractivity contribution in [2.24, 2.45) is 0 Å². The third kappa shape index (κ3) is 4.86. The van der Waals surface area contributed by atoms with E-state index in [2.05, 4.69) is 15.5 Å². The Bertz CT molecular complexity index is 1240. The van der Waals surface area contributed by atoms with Gasteiger partial charge in [-0.25, -0.2) is 0 Å². The van der Waals surface area contributed by atoms with E-state index in [0.29, 0.717) is 29.0 Å². The van der Waals surface area contributed by atoms with Crippen LogP contribution in [0.25, 0.3) is 11.6 Å². The predicted octanol–water partition coefficient (Wildman–Crippen LogP) is 4.53. The Morgan fingerprint density at radius 3 is 2.69 bits per heavy atom. The molecule has 0 radical (unpaired) electrons. The molecule has 0 aliphatic heterocycles. The number of carbonyl (C=O) groups excluding carboxylic acids is 1. The monoisotopic (exact) mass is 449 g/mol. The molecule has 1 amide bonds. The first kappa shape index (κ1) is 21.3. The molecule has 4 aromatic rings. The molecule has 2 aromatic heterocycles. The summed E-state index contributed by atoms with van der Waals surface area (Å²) in [6, 6.07) is 17.8. The lowest BCUT2D eigenvalue weighted by atomic mass is 10.2. The van der Waals surface area contributed by atoms with Crippen molar-refractivity contribution in [3.63, 3.8) is 0 Å². The van der Waals surface area contributed by atoms with E-state index >= 15 is 0 Å². The minimum absolute atomic E-state index is 0.0627. The van der Waals surface area contributed by atoms with Gasteiger partial charge in [0.05, 0.1) is 29.2 Å². The maximum absolute atomic E-state index is 12.5. The van der Waals surface area contributed by atoms with E-state index in [1.807, 2.05) is 34.9 Å². The van der Waals surface area contributed by atoms with Gasteiger partial charge in [-0.1, -0.05) is 48.2 Å². The van der Waals surface area contributed by atoms with Crippen molar-refractivity contribution in [3.8, 4) is 11.6 Å². The molecule has 2 aromatic carbocycles. The van der Waals surface area contributed by atoms with Gasteiger partial charge >= 0.3 is 0 Å². The van der Waals surface area contributed by atoms with Gasteiger partial charge in [-0.15, -0.1) is 10.2 Å². The van der Waals surface area contributed by atoms with E-state index in [9.17, 15) is 14.9 Å². The van der Waals surface area contributed by atoms with Crippen LogP contribution in [-0.2, 0) is 11.3 Å². The first-order chi connectivity index (χ1) is 15.5. The summed E-state index contributed by atoms with van der Waals surface area (Å²) >= 11 is 1.23. The summed E-state index contributed by atoms with van der Waals surface area (Å²) in [6.07, 6.45) is 1.57. The lowest BCUT2D eigenvalue weighted by Crippen LogP contribution is -2.15. The number of hydrogen-bond donors (Lipinski definition) is 1. The van der Waals surface area contributed by atoms with Crippen LogP contribution in [0.5, 0.6) is 0 Å². The molecule has 0 atom stereocenters. The van der Waals surface area contributed by atoms with Crippen LogP contribution in [0.2, 0.25) is 0 Å². The van der Waals surface area contributed by atoms with Gasteiger partial charge in [-0.2, -0.15) is 0 Å². The molecule has 0 saturated carbocycles. The molecule has 4 rings (SSSR count). The first-order valence-electron chi connectivity index (χ1n) is 9.70. The van der Waals surface area contributed by atoms with E-state index in [4.69, 9.17) is 4.42 Å². The van der Waals surface area contributed by atoms with Crippen LogP contribution in [-0.4, -0.2) is 31.3 Å². The fourth-order valence-corrected chi connectivity index (χ4v) is 3.80. The van der Waals surface area contributed by atoms with Gasteiger partial charge in [0.25, 0.3) is 5.69 Å². The highest BCUT2D eigenvalue weighted by Gasteiger charge is 2.18. The number of amides is 1. The highest BCUT2D eigenvalue weighted by molar-refractivity contribution is 7.99. The molecule has 162 valence electrons. The Kier molecular flexibility index (Phi) is 6.31. The standard InChI is InChI=1S/C22H19N5O4S/c1-15-9-10-17(27(29)30)12-18(15)23-20(28)14-32-22-25-24-21(19-8-5-11-31-19)26(22)13-16-6-3-2-4-7-16/h2-12H,13-14H2,1H3,(H,23,28). The van der Waals surface area contributed by atoms with Crippen molar-refractivity contribution >= 4 is 29.0 Å². The second-order valence-electron chi connectivity index (χ2n) is 6.95. The van der Waals surface area contributed by atoms with Crippen molar-refractivity contribution in [2.75, 3.05) is 11.1 Å². The van der Waals surface area contributed by atoms with Crippen LogP contribution in [0.4, 0.5) is 11.4 Å². The molecule has 10 heteroatoms. The minimum Gasteiger partial charge on any atom is -0.461 e. The van der Waals surface area contributed by atoms with Crippen LogP contribution in [0.1, 0.15) is 11.1 Å². The Hall–Kier alpha value is -3.92. The first-order valence-corrected chi connectivity index (χ1v) is 10.7. The van der Waals surface area contributed by atoms with Gasteiger partial charge in [-0.05, 0) is 30.2 Å². The SMILES string of the molecule is Cc1ccc([N+](=O)[O-])cc1NC(=O)CSc1nnc(-c2ccco2)n1Cc1ccccc1. The molecule has 1 N–H and O–H groups in total. The molecule has 0 saturated heterocycles. The molecule has 0 spiro atoms. The third-order valence-corrected chi connectivity index (χ3v) is 5.65. The van der Waals surface area contributed by atoms with Gasteiger partial charge in [0, 0.05) is 12.1 Å². The second-order valence-corrected chi connectivity index (χ2v) is 7.89. The van der Waals surface area contributed by atoms with Gasteiger partial charge in [0.15, 0.2) is 10.9 Å². The number of anilines is 1. The third-order valence-electron chi connectivity index (χ3n) is 4.68. The van der Waals surface area contributed by atoms with E-state index < -0.39 is 4.92 Å². The number of rotatable bonds is 8. The molecular weight excluding hydrogens is 430 g/mol. The second kappa shape index (κ2) is 9.48. The number of hydrogen-bond acceptors (Lipinski definition) is 7. The average Bonchev–Trinajstić information content (AvgIpc) is 3.44. The maximum Gasteiger partial charge on any atom is 0.271 e. The molecule has 0 unspecified atom stereocenters. The average molecular weight is 449 g/mol. The smallest absolute Gasteiger partial charge is 0.271 e. The number of nitro groups is 1. The van der Waals surface area contributed by atoms with Crippen LogP contribution < -0.4 is 5.32 Å². The Morgan fingerprint density at radius 2 is 1.97 bits per heavy atom. The normalized spacial score (nSPS) is 10.8. The zero-order valence-corrected chi connectivity index (χ0v) is 17.9. The maximum atomic E-state index is 12.5. The van der Waals surface area contributed by atoms with Gasteiger partial charge in [0.2, 0.25) is 11.7 Å². The molecule has 32 heavy (non-hydrogen) atoms. The summed E-state index contributed by atoms with van der Waals surface area (Å²) < 4.78 is 7.39. The molecule has 2 heterocycles. The van der Waals surface area contributed by atoms with Crippen LogP contribution in [0.15, 0.2) is 76.5 Å². The van der Waals surface area contributed by atoms with Crippen molar-refractivity contribution in [1.82, 2.24) is 14.8 Å². The van der Waals surface area contributed by atoms with Crippen molar-refractivity contribution in [2.45, 2.75) is 18.6 Å². The Morgan fingerprint density at radius 1 is 1.16 bits per heavy atom. The molecule has 0 aliphatic carbocycles. The zero-order chi connectivity index (χ0) is 22.5. The summed E-state index contributed by atoms with van der Waals surface area (Å²) in [6.45, 7) is 2.29. The van der Waals surface area contributed by atoms with Crippen LogP contribution in [0.3, 0.4) is 0 Å². The highest BCUT2D eigenvalue weighted by Crippen LogP contribution is 2.26. The van der Waals surface area contributed by atoms with Gasteiger partial charge < -0.3 is 9.73 Å². The number of benzene rings is 2. The fourth-order valence-electron chi connectivity index (χ4n) is 3.07. The largest absolute Gasteiger partial charge is 0.461 e. The number of thioether (sulfide) groups is 1. The lowest BCUT2D eigenvalue weighted by molar-refractivity contribution is -0.384. The minimum atomic E-state index is -0.494. The topological polar surface area (TPSA) is 116 Å². The summed E-state index contributed by atoms with van der Waals surface area (Å²) in [5.41, 5.74) is 2.12. The number of nitrogens with one attached hydrogen (secondary N) is 1. The molecule has 0 fully saturated rings. The quantitative estimate of drug-likeness (QED) is 0.239. The van der Waals surface area contributed by atoms with E-state index in [0.717, 1.165) is 11.1 Å². The van der Waals surface area contributed by atoms with Crippen molar-refractivity contribution in [3.05, 3.63) is 88.2 Å². The molecule has 0 aliphatic rings. The van der Waals surface area contributed by atoms with Crippen molar-refractivity contribution < 1.29 is 14.1 Å². The Labute approximate surface area is 187 Å². The summed E-state index contributed by atoms with van der Waals surface area (Å²) in [5.74, 6) is 0.911. The number of nitro benzene ring substituents is 1. The highest BCUT2D eigenvalue weighted by atomic mass is 32.2. The molecular formula is C22H19N5O4S. The van der Waals surface area contributed by atoms with Gasteiger partial charge in [-0.3, -0.25) is 19.5 Å². The summed E-state index contributed by atoms with van der Waals surface area (Å²) in [5, 5.41) is 22.8. The lowest BCUT2D eigenvalue weighted by Gasteiger charge is -2.10. The summed E-state index contributed by atoms with van der Waals surface area (Å²) in [7, 11) is 0. The summed E-state index contributed by atoms with van der Waals surface area (Å²) in [4.78, 5) is 23.1. The number of non-ortho nitro benzene ring substituents is 1. The zero-order valence-electron chi connectivity index (χ0n) is 17.1. The number of carbonyl (C=O) groups is 1. The molecule has 0 bridgehead atoms. The fraction of sp³-hybridized carbons (Fsp3) is 0.136.